The number of nitrogens with zero attached hydrogens (tertiary/aromatic N) is 7. The molecule has 1 N–H and O–H groups in total. The first-order valence-electron chi connectivity index (χ1n) is 15.2. The van der Waals surface area contributed by atoms with E-state index in [4.69, 9.17) is 15.0 Å². The van der Waals surface area contributed by atoms with Crippen molar-refractivity contribution in [2.75, 3.05) is 36.5 Å². The van der Waals surface area contributed by atoms with Gasteiger partial charge in [-0.15, -0.1) is 12.4 Å². The van der Waals surface area contributed by atoms with E-state index in [0.29, 0.717) is 6.42 Å². The van der Waals surface area contributed by atoms with Crippen LogP contribution in [0.25, 0.3) is 28.2 Å². The fourth-order valence-corrected chi connectivity index (χ4v) is 6.41. The number of piperazine rings is 1. The van der Waals surface area contributed by atoms with E-state index >= 15 is 0 Å². The largest absolute Gasteiger partial charge is 0.393 e. The molecule has 0 bridgehead atoms. The molecule has 1 saturated heterocycles. The first-order chi connectivity index (χ1) is 20.8. The quantitative estimate of drug-likeness (QED) is 0.222. The Hall–Kier alpha value is -3.98. The van der Waals surface area contributed by atoms with Gasteiger partial charge in [0.05, 0.1) is 12.3 Å². The molecule has 230 valence electrons. The molecule has 1 aliphatic rings. The minimum Gasteiger partial charge on any atom is -0.393 e. The molecule has 0 spiro atoms. The van der Waals surface area contributed by atoms with Gasteiger partial charge >= 0.3 is 0 Å². The predicted octanol–water partition coefficient (Wildman–Crippen LogP) is 6.27. The van der Waals surface area contributed by atoms with E-state index in [1.165, 1.54) is 16.8 Å². The summed E-state index contributed by atoms with van der Waals surface area (Å²) < 4.78 is 2.11. The molecule has 8 nitrogen and oxygen atoms in total. The molecule has 44 heavy (non-hydrogen) atoms. The molecule has 3 aromatic carbocycles. The molecule has 0 amide bonds. The van der Waals surface area contributed by atoms with Crippen LogP contribution in [0.1, 0.15) is 31.4 Å². The van der Waals surface area contributed by atoms with Crippen molar-refractivity contribution in [2.24, 2.45) is 0 Å². The maximum Gasteiger partial charge on any atom is 0.170 e. The molecule has 1 aliphatic heterocycles. The van der Waals surface area contributed by atoms with Crippen molar-refractivity contribution in [1.82, 2.24) is 24.4 Å². The lowest BCUT2D eigenvalue weighted by Crippen LogP contribution is -2.60. The molecular weight excluding hydrogens is 570 g/mol. The SMILES string of the molecule is Cc1cccc(N2CCN(C(CC(C)O)N(C)c3ncnc4c3nc(-c3ccccc3)n4-c3ccccc3)C(C)C2)c1C.Cl. The number of aliphatic hydroxyl groups is 1. The molecule has 3 unspecified atom stereocenters. The molecule has 3 heterocycles. The van der Waals surface area contributed by atoms with Crippen LogP contribution >= 0.6 is 12.4 Å². The Kier molecular flexibility index (Phi) is 9.53. The number of anilines is 2. The molecule has 0 aliphatic carbocycles. The minimum absolute atomic E-state index is 0. The van der Waals surface area contributed by atoms with Crippen molar-refractivity contribution < 1.29 is 5.11 Å². The first kappa shape index (κ1) is 31.4. The van der Waals surface area contributed by atoms with E-state index in [2.05, 4.69) is 89.6 Å². The number of benzene rings is 3. The number of aliphatic hydroxyl groups excluding tert-OH is 1. The second kappa shape index (κ2) is 13.3. The number of rotatable bonds is 8. The fraction of sp³-hybridized carbons (Fsp3) is 0.343. The van der Waals surface area contributed by atoms with E-state index < -0.39 is 6.10 Å². The fourth-order valence-electron chi connectivity index (χ4n) is 6.41. The standard InChI is InChI=1S/C35H41N7O.ClH/c1-24-13-12-18-30(27(24)4)40-19-20-41(25(2)22-40)31(21-26(3)43)39(5)34-32-35(37-23-36-34)42(29-16-10-7-11-17-29)33(38-32)28-14-8-6-9-15-28;/h6-18,23,25-26,31,43H,19-22H2,1-5H3;1H. The summed E-state index contributed by atoms with van der Waals surface area (Å²) in [7, 11) is 2.07. The Balaban J connectivity index is 0.00000384. The summed E-state index contributed by atoms with van der Waals surface area (Å²) in [4.78, 5) is 21.9. The molecule has 2 aromatic heterocycles. The lowest BCUT2D eigenvalue weighted by molar-refractivity contribution is 0.0789. The first-order valence-corrected chi connectivity index (χ1v) is 15.2. The van der Waals surface area contributed by atoms with Crippen LogP contribution in [0.3, 0.4) is 0 Å². The van der Waals surface area contributed by atoms with Gasteiger partial charge < -0.3 is 14.9 Å². The topological polar surface area (TPSA) is 73.6 Å². The highest BCUT2D eigenvalue weighted by Gasteiger charge is 2.34. The average Bonchev–Trinajstić information content (AvgIpc) is 3.42. The Morgan fingerprint density at radius 3 is 2.32 bits per heavy atom. The second-order valence-electron chi connectivity index (χ2n) is 11.8. The zero-order valence-corrected chi connectivity index (χ0v) is 26.9. The number of aryl methyl sites for hydroxylation is 1. The van der Waals surface area contributed by atoms with Crippen molar-refractivity contribution in [3.8, 4) is 17.1 Å². The highest BCUT2D eigenvalue weighted by molar-refractivity contribution is 5.88. The maximum atomic E-state index is 10.7. The van der Waals surface area contributed by atoms with Crippen molar-refractivity contribution in [1.29, 1.82) is 0 Å². The number of aromatic nitrogens is 4. The van der Waals surface area contributed by atoms with Crippen molar-refractivity contribution in [3.63, 3.8) is 0 Å². The molecule has 0 saturated carbocycles. The summed E-state index contributed by atoms with van der Waals surface area (Å²) in [6, 6.07) is 27.3. The van der Waals surface area contributed by atoms with Crippen LogP contribution in [0.2, 0.25) is 0 Å². The lowest BCUT2D eigenvalue weighted by atomic mass is 10.0. The predicted molar refractivity (Wildman–Crippen MR) is 182 cm³/mol. The van der Waals surface area contributed by atoms with Crippen LogP contribution in [0.15, 0.2) is 85.2 Å². The van der Waals surface area contributed by atoms with E-state index in [0.717, 1.165) is 53.7 Å². The molecule has 6 rings (SSSR count). The van der Waals surface area contributed by atoms with Crippen LogP contribution in [-0.4, -0.2) is 74.5 Å². The van der Waals surface area contributed by atoms with Gasteiger partial charge in [-0.25, -0.2) is 15.0 Å². The van der Waals surface area contributed by atoms with Gasteiger partial charge in [-0.2, -0.15) is 0 Å². The average molecular weight is 612 g/mol. The Labute approximate surface area is 266 Å². The van der Waals surface area contributed by atoms with Gasteiger partial charge in [-0.1, -0.05) is 60.7 Å². The van der Waals surface area contributed by atoms with Gasteiger partial charge in [0.15, 0.2) is 17.0 Å². The molecule has 5 aromatic rings. The highest BCUT2D eigenvalue weighted by atomic mass is 35.5. The molecule has 1 fully saturated rings. The Bertz CT molecular complexity index is 1690. The van der Waals surface area contributed by atoms with Crippen LogP contribution < -0.4 is 9.80 Å². The monoisotopic (exact) mass is 611 g/mol. The highest BCUT2D eigenvalue weighted by Crippen LogP contribution is 2.33. The number of hydrogen-bond acceptors (Lipinski definition) is 7. The minimum atomic E-state index is -0.476. The van der Waals surface area contributed by atoms with E-state index in [1.54, 1.807) is 6.33 Å². The van der Waals surface area contributed by atoms with Gasteiger partial charge in [-0.3, -0.25) is 9.47 Å². The van der Waals surface area contributed by atoms with Crippen molar-refractivity contribution in [3.05, 3.63) is 96.3 Å². The van der Waals surface area contributed by atoms with Crippen molar-refractivity contribution in [2.45, 2.75) is 52.4 Å². The van der Waals surface area contributed by atoms with E-state index in [9.17, 15) is 5.11 Å². The molecular formula is C35H42ClN7O. The maximum absolute atomic E-state index is 10.7. The van der Waals surface area contributed by atoms with E-state index in [-0.39, 0.29) is 24.6 Å². The van der Waals surface area contributed by atoms with Gasteiger partial charge in [0.25, 0.3) is 0 Å². The summed E-state index contributed by atoms with van der Waals surface area (Å²) >= 11 is 0. The molecule has 9 heteroatoms. The van der Waals surface area contributed by atoms with Gasteiger partial charge in [0.1, 0.15) is 12.2 Å². The molecule has 0 radical (unpaired) electrons. The number of para-hydroxylation sites is 1. The number of fused-ring (bicyclic) bond motifs is 1. The number of halogens is 1. The van der Waals surface area contributed by atoms with E-state index in [1.807, 2.05) is 43.3 Å². The summed E-state index contributed by atoms with van der Waals surface area (Å²) in [5.74, 6) is 1.58. The summed E-state index contributed by atoms with van der Waals surface area (Å²) in [6.45, 7) is 11.2. The summed E-state index contributed by atoms with van der Waals surface area (Å²) in [5.41, 5.74) is 7.46. The Morgan fingerprint density at radius 2 is 1.64 bits per heavy atom. The van der Waals surface area contributed by atoms with Crippen molar-refractivity contribution >= 4 is 35.1 Å². The third kappa shape index (κ3) is 6.02. The van der Waals surface area contributed by atoms with Crippen LogP contribution in [0, 0.1) is 13.8 Å². The van der Waals surface area contributed by atoms with Crippen LogP contribution in [0.5, 0.6) is 0 Å². The zero-order valence-electron chi connectivity index (χ0n) is 26.1. The number of hydrogen-bond donors (Lipinski definition) is 1. The Morgan fingerprint density at radius 1 is 0.932 bits per heavy atom. The van der Waals surface area contributed by atoms with Gasteiger partial charge in [0, 0.05) is 56.1 Å². The van der Waals surface area contributed by atoms with Gasteiger partial charge in [-0.05, 0) is 57.0 Å². The lowest BCUT2D eigenvalue weighted by Gasteiger charge is -2.48. The normalized spacial score (nSPS) is 16.9. The van der Waals surface area contributed by atoms with Crippen LogP contribution in [0.4, 0.5) is 11.5 Å². The number of imidazole rings is 1. The third-order valence-corrected chi connectivity index (χ3v) is 8.78. The second-order valence-corrected chi connectivity index (χ2v) is 11.8. The zero-order chi connectivity index (χ0) is 30.1. The van der Waals surface area contributed by atoms with Gasteiger partial charge in [0.2, 0.25) is 0 Å². The smallest absolute Gasteiger partial charge is 0.170 e. The summed E-state index contributed by atoms with van der Waals surface area (Å²) in [6.07, 6.45) is 1.67. The summed E-state index contributed by atoms with van der Waals surface area (Å²) in [5, 5.41) is 10.7. The third-order valence-electron chi connectivity index (χ3n) is 8.78. The van der Waals surface area contributed by atoms with Crippen LogP contribution in [-0.2, 0) is 0 Å². The molecule has 3 atom stereocenters.